The summed E-state index contributed by atoms with van der Waals surface area (Å²) in [5.74, 6) is -0.743. The van der Waals surface area contributed by atoms with E-state index in [-0.39, 0.29) is 36.5 Å². The third-order valence-corrected chi connectivity index (χ3v) is 7.44. The average Bonchev–Trinajstić information content (AvgIpc) is 3.04. The second-order valence-corrected chi connectivity index (χ2v) is 9.56. The summed E-state index contributed by atoms with van der Waals surface area (Å²) in [6, 6.07) is 16.8. The maximum atomic E-state index is 13.3. The fourth-order valence-corrected chi connectivity index (χ4v) is 5.42. The Morgan fingerprint density at radius 1 is 1.09 bits per heavy atom. The number of hydrogen-bond donors (Lipinski definition) is 1. The van der Waals surface area contributed by atoms with Crippen LogP contribution >= 0.6 is 11.6 Å². The first-order valence-electron chi connectivity index (χ1n) is 11.4. The van der Waals surface area contributed by atoms with E-state index in [1.54, 1.807) is 29.2 Å². The molecule has 2 fully saturated rings. The van der Waals surface area contributed by atoms with Crippen LogP contribution in [0, 0.1) is 5.92 Å². The number of nitrogens with zero attached hydrogens (tertiary/aromatic N) is 2. The first kappa shape index (κ1) is 23.5. The zero-order valence-corrected chi connectivity index (χ0v) is 19.5. The molecule has 2 aliphatic heterocycles. The number of rotatable bonds is 6. The molecule has 174 valence electrons. The van der Waals surface area contributed by atoms with Gasteiger partial charge in [0.1, 0.15) is 0 Å². The van der Waals surface area contributed by atoms with E-state index in [2.05, 4.69) is 0 Å². The highest BCUT2D eigenvalue weighted by atomic mass is 35.5. The number of aliphatic hydroxyl groups excluding tert-OH is 1. The number of benzene rings is 2. The van der Waals surface area contributed by atoms with Crippen LogP contribution in [0.2, 0.25) is 5.02 Å². The number of likely N-dealkylation sites (N-methyl/N-ethyl adjacent to an activating group) is 1. The van der Waals surface area contributed by atoms with Gasteiger partial charge in [0, 0.05) is 38.0 Å². The summed E-state index contributed by atoms with van der Waals surface area (Å²) in [6.07, 6.45) is 1.38. The minimum absolute atomic E-state index is 0.0654. The van der Waals surface area contributed by atoms with Crippen molar-refractivity contribution in [2.24, 2.45) is 5.92 Å². The molecule has 2 saturated heterocycles. The van der Waals surface area contributed by atoms with Gasteiger partial charge in [0.05, 0.1) is 11.5 Å². The smallest absolute Gasteiger partial charge is 0.240 e. The second-order valence-electron chi connectivity index (χ2n) is 9.15. The molecule has 0 saturated carbocycles. The number of amides is 3. The van der Waals surface area contributed by atoms with Gasteiger partial charge in [0.15, 0.2) is 0 Å². The Morgan fingerprint density at radius 3 is 2.33 bits per heavy atom. The normalized spacial score (nSPS) is 22.6. The minimum atomic E-state index is -1.27. The Hall–Kier alpha value is -2.70. The van der Waals surface area contributed by atoms with E-state index >= 15 is 0 Å². The number of carbonyl (C=O) groups is 3. The van der Waals surface area contributed by atoms with Crippen LogP contribution in [0.3, 0.4) is 0 Å². The van der Waals surface area contributed by atoms with E-state index in [0.717, 1.165) is 10.5 Å². The van der Waals surface area contributed by atoms with Gasteiger partial charge in [-0.3, -0.25) is 19.3 Å². The lowest BCUT2D eigenvalue weighted by atomic mass is 9.75. The van der Waals surface area contributed by atoms with Crippen LogP contribution in [0.15, 0.2) is 54.6 Å². The quantitative estimate of drug-likeness (QED) is 0.660. The number of hydrogen-bond acceptors (Lipinski definition) is 4. The molecule has 0 bridgehead atoms. The van der Waals surface area contributed by atoms with Crippen molar-refractivity contribution in [3.63, 3.8) is 0 Å². The number of likely N-dealkylation sites (tertiary alicyclic amines) is 2. The molecule has 6 nitrogen and oxygen atoms in total. The number of piperidine rings is 1. The van der Waals surface area contributed by atoms with E-state index in [1.807, 2.05) is 30.3 Å². The van der Waals surface area contributed by atoms with Crippen molar-refractivity contribution in [3.8, 4) is 0 Å². The molecule has 0 aliphatic carbocycles. The van der Waals surface area contributed by atoms with Gasteiger partial charge in [-0.2, -0.15) is 0 Å². The number of imide groups is 1. The SMILES string of the molecule is CN1C(=O)C[C@](CC(=O)N2CCC([C@H](O)Cc3ccccc3)CC2)(c2ccccc2Cl)C1=O. The molecule has 2 aromatic carbocycles. The summed E-state index contributed by atoms with van der Waals surface area (Å²) in [6.45, 7) is 1.04. The predicted octanol–water partition coefficient (Wildman–Crippen LogP) is 3.20. The van der Waals surface area contributed by atoms with Crippen LogP contribution in [-0.2, 0) is 26.2 Å². The van der Waals surface area contributed by atoms with Gasteiger partial charge in [0.2, 0.25) is 17.7 Å². The molecule has 0 aromatic heterocycles. The Balaban J connectivity index is 1.44. The van der Waals surface area contributed by atoms with Crippen LogP contribution in [-0.4, -0.2) is 58.9 Å². The van der Waals surface area contributed by atoms with Crippen LogP contribution in [0.4, 0.5) is 0 Å². The van der Waals surface area contributed by atoms with Crippen LogP contribution in [0.5, 0.6) is 0 Å². The molecule has 4 rings (SSSR count). The predicted molar refractivity (Wildman–Crippen MR) is 126 cm³/mol. The van der Waals surface area contributed by atoms with Crippen molar-refractivity contribution in [2.75, 3.05) is 20.1 Å². The molecule has 3 amide bonds. The summed E-state index contributed by atoms with van der Waals surface area (Å²) in [5, 5.41) is 11.1. The van der Waals surface area contributed by atoms with Crippen molar-refractivity contribution >= 4 is 29.3 Å². The summed E-state index contributed by atoms with van der Waals surface area (Å²) in [4.78, 5) is 41.7. The molecule has 7 heteroatoms. The maximum absolute atomic E-state index is 13.3. The highest BCUT2D eigenvalue weighted by Crippen LogP contribution is 2.43. The fourth-order valence-electron chi connectivity index (χ4n) is 5.11. The molecule has 1 N–H and O–H groups in total. The van der Waals surface area contributed by atoms with E-state index < -0.39 is 11.5 Å². The van der Waals surface area contributed by atoms with Gasteiger partial charge >= 0.3 is 0 Å². The van der Waals surface area contributed by atoms with E-state index in [9.17, 15) is 19.5 Å². The van der Waals surface area contributed by atoms with Gasteiger partial charge in [-0.05, 0) is 42.4 Å². The lowest BCUT2D eigenvalue weighted by molar-refractivity contribution is -0.142. The molecule has 0 unspecified atom stereocenters. The fraction of sp³-hybridized carbons (Fsp3) is 0.423. The molecule has 2 heterocycles. The summed E-state index contributed by atoms with van der Waals surface area (Å²) in [5.41, 5.74) is 0.347. The van der Waals surface area contributed by atoms with Crippen molar-refractivity contribution < 1.29 is 19.5 Å². The van der Waals surface area contributed by atoms with Gasteiger partial charge in [-0.25, -0.2) is 0 Å². The zero-order chi connectivity index (χ0) is 23.6. The maximum Gasteiger partial charge on any atom is 0.240 e. The molecule has 2 aliphatic rings. The summed E-state index contributed by atoms with van der Waals surface area (Å²) >= 11 is 6.41. The van der Waals surface area contributed by atoms with E-state index in [4.69, 9.17) is 11.6 Å². The number of halogens is 1. The van der Waals surface area contributed by atoms with Crippen LogP contribution in [0.1, 0.15) is 36.8 Å². The molecule has 33 heavy (non-hydrogen) atoms. The molecular weight excluding hydrogens is 440 g/mol. The molecule has 0 radical (unpaired) electrons. The lowest BCUT2D eigenvalue weighted by Gasteiger charge is -2.36. The van der Waals surface area contributed by atoms with Gasteiger partial charge in [-0.1, -0.05) is 60.1 Å². The molecule has 0 spiro atoms. The second kappa shape index (κ2) is 9.65. The number of aliphatic hydroxyl groups is 1. The summed E-state index contributed by atoms with van der Waals surface area (Å²) in [7, 11) is 1.45. The Morgan fingerprint density at radius 2 is 1.73 bits per heavy atom. The molecule has 2 aromatic rings. The average molecular weight is 469 g/mol. The number of carbonyl (C=O) groups excluding carboxylic acids is 3. The molecule has 2 atom stereocenters. The monoisotopic (exact) mass is 468 g/mol. The van der Waals surface area contributed by atoms with Crippen LogP contribution in [0.25, 0.3) is 0 Å². The third-order valence-electron chi connectivity index (χ3n) is 7.11. The van der Waals surface area contributed by atoms with Crippen LogP contribution < -0.4 is 0 Å². The van der Waals surface area contributed by atoms with E-state index in [1.165, 1.54) is 7.05 Å². The molecular formula is C26H29ClN2O4. The van der Waals surface area contributed by atoms with Gasteiger partial charge in [0.25, 0.3) is 0 Å². The summed E-state index contributed by atoms with van der Waals surface area (Å²) < 4.78 is 0. The standard InChI is InChI=1S/C26H29ClN2O4/c1-28-23(31)16-26(25(28)33,20-9-5-6-10-21(20)27)17-24(32)29-13-11-19(12-14-29)22(30)15-18-7-3-2-4-8-18/h2-10,19,22,30H,11-17H2,1H3/t22-,26+/m1/s1. The Bertz CT molecular complexity index is 1040. The highest BCUT2D eigenvalue weighted by molar-refractivity contribution is 6.32. The van der Waals surface area contributed by atoms with Gasteiger partial charge in [-0.15, -0.1) is 0 Å². The lowest BCUT2D eigenvalue weighted by Crippen LogP contribution is -2.46. The van der Waals surface area contributed by atoms with Crippen molar-refractivity contribution in [2.45, 2.75) is 43.6 Å². The van der Waals surface area contributed by atoms with Crippen molar-refractivity contribution in [3.05, 3.63) is 70.7 Å². The first-order chi connectivity index (χ1) is 15.8. The Labute approximate surface area is 199 Å². The third kappa shape index (κ3) is 4.68. The first-order valence-corrected chi connectivity index (χ1v) is 11.8. The Kier molecular flexibility index (Phi) is 6.86. The van der Waals surface area contributed by atoms with Crippen molar-refractivity contribution in [1.82, 2.24) is 9.80 Å². The van der Waals surface area contributed by atoms with E-state index in [0.29, 0.717) is 42.9 Å². The zero-order valence-electron chi connectivity index (χ0n) is 18.7. The van der Waals surface area contributed by atoms with Crippen molar-refractivity contribution in [1.29, 1.82) is 0 Å². The van der Waals surface area contributed by atoms with Gasteiger partial charge < -0.3 is 10.0 Å². The topological polar surface area (TPSA) is 77.9 Å². The minimum Gasteiger partial charge on any atom is -0.392 e. The largest absolute Gasteiger partial charge is 0.392 e. The highest BCUT2D eigenvalue weighted by Gasteiger charge is 2.53.